The van der Waals surface area contributed by atoms with Gasteiger partial charge in [-0.15, -0.1) is 11.3 Å². The molecule has 1 fully saturated rings. The number of likely N-dealkylation sites (tertiary alicyclic amines) is 1. The van der Waals surface area contributed by atoms with E-state index in [-0.39, 0.29) is 24.2 Å². The predicted octanol–water partition coefficient (Wildman–Crippen LogP) is 2.32. The van der Waals surface area contributed by atoms with E-state index in [4.69, 9.17) is 5.11 Å². The van der Waals surface area contributed by atoms with E-state index in [9.17, 15) is 9.59 Å². The highest BCUT2D eigenvalue weighted by molar-refractivity contribution is 7.10. The molecule has 0 saturated carbocycles. The second kappa shape index (κ2) is 6.72. The molecule has 128 valence electrons. The highest BCUT2D eigenvalue weighted by atomic mass is 32.1. The zero-order chi connectivity index (χ0) is 17.3. The number of H-pyrrole nitrogens is 1. The zero-order valence-electron chi connectivity index (χ0n) is 13.6. The summed E-state index contributed by atoms with van der Waals surface area (Å²) < 4.78 is 0. The topological polar surface area (TPSA) is 99.2 Å². The van der Waals surface area contributed by atoms with Crippen molar-refractivity contribution in [2.75, 3.05) is 13.1 Å². The summed E-state index contributed by atoms with van der Waals surface area (Å²) in [6.45, 7) is 5.09. The van der Waals surface area contributed by atoms with Gasteiger partial charge in [-0.1, -0.05) is 13.8 Å². The van der Waals surface area contributed by atoms with Crippen LogP contribution in [-0.2, 0) is 4.79 Å². The van der Waals surface area contributed by atoms with Crippen LogP contribution in [0.3, 0.4) is 0 Å². The van der Waals surface area contributed by atoms with Crippen molar-refractivity contribution in [3.8, 4) is 0 Å². The molecular weight excluding hydrogens is 328 g/mol. The lowest BCUT2D eigenvalue weighted by Crippen LogP contribution is -2.28. The van der Waals surface area contributed by atoms with Gasteiger partial charge in [-0.2, -0.15) is 15.4 Å². The molecule has 0 radical (unpaired) electrons. The average Bonchev–Trinajstić information content (AvgIpc) is 3.26. The number of hydrogen-bond acceptors (Lipinski definition) is 5. The Labute approximate surface area is 143 Å². The number of nitrogens with zero attached hydrogens (tertiary/aromatic N) is 3. The van der Waals surface area contributed by atoms with E-state index < -0.39 is 5.97 Å². The van der Waals surface area contributed by atoms with Gasteiger partial charge in [-0.3, -0.25) is 9.59 Å². The number of amides is 1. The molecule has 1 amide bonds. The maximum Gasteiger partial charge on any atom is 0.303 e. The van der Waals surface area contributed by atoms with Crippen LogP contribution in [0.2, 0.25) is 0 Å². The Morgan fingerprint density at radius 2 is 2.25 bits per heavy atom. The number of aliphatic carboxylic acids is 1. The number of rotatable bonds is 5. The van der Waals surface area contributed by atoms with Crippen LogP contribution in [0.25, 0.3) is 0 Å². The van der Waals surface area contributed by atoms with Gasteiger partial charge in [0, 0.05) is 29.3 Å². The first-order chi connectivity index (χ1) is 11.5. The van der Waals surface area contributed by atoms with Gasteiger partial charge in [0.05, 0.1) is 23.9 Å². The van der Waals surface area contributed by atoms with Gasteiger partial charge in [0.25, 0.3) is 5.91 Å². The van der Waals surface area contributed by atoms with E-state index in [0.717, 1.165) is 0 Å². The van der Waals surface area contributed by atoms with E-state index in [1.165, 1.54) is 4.88 Å². The van der Waals surface area contributed by atoms with Crippen molar-refractivity contribution in [1.82, 2.24) is 20.3 Å². The standard InChI is InChI=1S/C16H20N4O3S/c1-9(2)14-3-11(8-24-14)16(23)20-6-10(4-15(21)22)12(7-20)13-5-17-19-18-13/h3,5,8-10,12H,4,6-7H2,1-2H3,(H,21,22)(H,17,18,19)/t10-,12+/m1/s1. The van der Waals surface area contributed by atoms with Gasteiger partial charge in [-0.25, -0.2) is 0 Å². The molecule has 1 aliphatic heterocycles. The fourth-order valence-electron chi connectivity index (χ4n) is 3.14. The minimum atomic E-state index is -0.861. The zero-order valence-corrected chi connectivity index (χ0v) is 14.4. The second-order valence-corrected chi connectivity index (χ2v) is 7.40. The van der Waals surface area contributed by atoms with Crippen LogP contribution in [0, 0.1) is 5.92 Å². The minimum absolute atomic E-state index is 0.0161. The molecule has 2 atom stereocenters. The van der Waals surface area contributed by atoms with Crippen LogP contribution in [-0.4, -0.2) is 50.4 Å². The molecule has 2 aromatic heterocycles. The van der Waals surface area contributed by atoms with E-state index in [1.807, 2.05) is 11.4 Å². The van der Waals surface area contributed by atoms with E-state index in [2.05, 4.69) is 29.3 Å². The summed E-state index contributed by atoms with van der Waals surface area (Å²) in [5.41, 5.74) is 1.39. The van der Waals surface area contributed by atoms with Gasteiger partial charge in [0.15, 0.2) is 0 Å². The molecule has 3 rings (SSSR count). The van der Waals surface area contributed by atoms with E-state index in [1.54, 1.807) is 22.4 Å². The molecule has 0 bridgehead atoms. The van der Waals surface area contributed by atoms with Gasteiger partial charge in [0.1, 0.15) is 0 Å². The molecule has 0 unspecified atom stereocenters. The number of carboxylic acid groups (broad SMARTS) is 1. The summed E-state index contributed by atoms with van der Waals surface area (Å²) in [6, 6.07) is 1.94. The normalized spacial score (nSPS) is 20.7. The van der Waals surface area contributed by atoms with Gasteiger partial charge in [0.2, 0.25) is 0 Å². The Bertz CT molecular complexity index is 726. The fraction of sp³-hybridized carbons (Fsp3) is 0.500. The number of aromatic nitrogens is 3. The largest absolute Gasteiger partial charge is 0.481 e. The van der Waals surface area contributed by atoms with Crippen molar-refractivity contribution in [2.24, 2.45) is 5.92 Å². The van der Waals surface area contributed by atoms with Crippen LogP contribution in [0.4, 0.5) is 0 Å². The lowest BCUT2D eigenvalue weighted by Gasteiger charge is -2.15. The van der Waals surface area contributed by atoms with E-state index >= 15 is 0 Å². The molecule has 7 nitrogen and oxygen atoms in total. The minimum Gasteiger partial charge on any atom is -0.481 e. The number of nitrogens with one attached hydrogen (secondary N) is 1. The highest BCUT2D eigenvalue weighted by Gasteiger charge is 2.39. The molecule has 3 heterocycles. The molecule has 0 spiro atoms. The molecular formula is C16H20N4O3S. The number of aromatic amines is 1. The Balaban J connectivity index is 1.78. The third-order valence-electron chi connectivity index (χ3n) is 4.41. The molecule has 1 saturated heterocycles. The van der Waals surface area contributed by atoms with Crippen LogP contribution in [0.15, 0.2) is 17.6 Å². The quantitative estimate of drug-likeness (QED) is 0.864. The highest BCUT2D eigenvalue weighted by Crippen LogP contribution is 2.35. The van der Waals surface area contributed by atoms with Crippen LogP contribution >= 0.6 is 11.3 Å². The van der Waals surface area contributed by atoms with Gasteiger partial charge in [-0.05, 0) is 17.9 Å². The summed E-state index contributed by atoms with van der Waals surface area (Å²) in [7, 11) is 0. The van der Waals surface area contributed by atoms with Crippen molar-refractivity contribution in [3.05, 3.63) is 33.8 Å². The fourth-order valence-corrected chi connectivity index (χ4v) is 4.04. The number of carbonyl (C=O) groups is 2. The molecule has 0 aromatic carbocycles. The second-order valence-electron chi connectivity index (χ2n) is 6.46. The molecule has 0 aliphatic carbocycles. The van der Waals surface area contributed by atoms with Crippen molar-refractivity contribution < 1.29 is 14.7 Å². The summed E-state index contributed by atoms with van der Waals surface area (Å²) in [4.78, 5) is 26.8. The number of carbonyl (C=O) groups excluding carboxylic acids is 1. The summed E-state index contributed by atoms with van der Waals surface area (Å²) in [5, 5.41) is 21.5. The molecule has 8 heteroatoms. The maximum absolute atomic E-state index is 12.8. The van der Waals surface area contributed by atoms with Gasteiger partial charge < -0.3 is 10.0 Å². The van der Waals surface area contributed by atoms with Crippen LogP contribution in [0.5, 0.6) is 0 Å². The van der Waals surface area contributed by atoms with Crippen molar-refractivity contribution in [2.45, 2.75) is 32.1 Å². The summed E-state index contributed by atoms with van der Waals surface area (Å²) in [6.07, 6.45) is 1.62. The summed E-state index contributed by atoms with van der Waals surface area (Å²) in [5.74, 6) is -0.774. The Hall–Kier alpha value is -2.22. The smallest absolute Gasteiger partial charge is 0.303 e. The molecule has 2 aromatic rings. The molecule has 1 aliphatic rings. The predicted molar refractivity (Wildman–Crippen MR) is 89.2 cm³/mol. The van der Waals surface area contributed by atoms with Crippen molar-refractivity contribution in [1.29, 1.82) is 0 Å². The third kappa shape index (κ3) is 3.33. The van der Waals surface area contributed by atoms with Crippen molar-refractivity contribution in [3.63, 3.8) is 0 Å². The first kappa shape index (κ1) is 16.6. The third-order valence-corrected chi connectivity index (χ3v) is 5.65. The van der Waals surface area contributed by atoms with Crippen LogP contribution in [0.1, 0.15) is 53.0 Å². The first-order valence-corrected chi connectivity index (χ1v) is 8.78. The van der Waals surface area contributed by atoms with Crippen LogP contribution < -0.4 is 0 Å². The molecule has 2 N–H and O–H groups in total. The average molecular weight is 348 g/mol. The van der Waals surface area contributed by atoms with Crippen molar-refractivity contribution >= 4 is 23.2 Å². The lowest BCUT2D eigenvalue weighted by atomic mass is 9.91. The maximum atomic E-state index is 12.8. The van der Waals surface area contributed by atoms with E-state index in [0.29, 0.717) is 30.3 Å². The molecule has 24 heavy (non-hydrogen) atoms. The number of thiophene rings is 1. The first-order valence-electron chi connectivity index (χ1n) is 7.91. The summed E-state index contributed by atoms with van der Waals surface area (Å²) >= 11 is 1.59. The van der Waals surface area contributed by atoms with Gasteiger partial charge >= 0.3 is 5.97 Å². The Morgan fingerprint density at radius 3 is 2.83 bits per heavy atom. The lowest BCUT2D eigenvalue weighted by molar-refractivity contribution is -0.138. The number of carboxylic acids is 1. The number of hydrogen-bond donors (Lipinski definition) is 2. The Morgan fingerprint density at radius 1 is 1.46 bits per heavy atom. The Kier molecular flexibility index (Phi) is 4.66. The monoisotopic (exact) mass is 348 g/mol. The SMILES string of the molecule is CC(C)c1cc(C(=O)N2C[C@@H](CC(=O)O)[C@@H](c3cn[nH]n3)C2)cs1.